The largest absolute Gasteiger partial charge is 0.311 e. The fraction of sp³-hybridized carbons (Fsp3) is 0.571. The van der Waals surface area contributed by atoms with E-state index in [9.17, 15) is 8.78 Å². The van der Waals surface area contributed by atoms with Crippen molar-refractivity contribution in [3.05, 3.63) is 29.8 Å². The number of hydrogen-bond acceptors (Lipinski definition) is 3. The fourth-order valence-electron chi connectivity index (χ4n) is 2.33. The van der Waals surface area contributed by atoms with Crippen molar-refractivity contribution in [2.75, 3.05) is 13.1 Å². The minimum absolute atomic E-state index is 0. The Kier molecular flexibility index (Phi) is 7.23. The number of nitrogens with zero attached hydrogens (tertiary/aromatic N) is 1. The van der Waals surface area contributed by atoms with Gasteiger partial charge in [0, 0.05) is 36.6 Å². The van der Waals surface area contributed by atoms with Crippen LogP contribution in [0.3, 0.4) is 0 Å². The van der Waals surface area contributed by atoms with E-state index >= 15 is 0 Å². The van der Waals surface area contributed by atoms with Gasteiger partial charge < -0.3 is 5.32 Å². The number of piperazine rings is 1. The summed E-state index contributed by atoms with van der Waals surface area (Å²) in [5.74, 6) is -2.35. The van der Waals surface area contributed by atoms with Gasteiger partial charge in [0.15, 0.2) is 0 Å². The molecule has 0 bridgehead atoms. The summed E-state index contributed by atoms with van der Waals surface area (Å²) in [5.41, 5.74) is 1.18. The second-order valence-electron chi connectivity index (χ2n) is 5.11. The van der Waals surface area contributed by atoms with E-state index in [0.717, 1.165) is 19.6 Å². The molecular weight excluding hydrogens is 302 g/mol. The smallest absolute Gasteiger partial charge is 0.288 e. The number of halogens is 3. The SMILES string of the molecule is CC1CN(Cc2ccc(SC(F)F)cc2)C(C)CN1.Cl. The van der Waals surface area contributed by atoms with Gasteiger partial charge in [-0.3, -0.25) is 4.90 Å². The molecule has 1 N–H and O–H groups in total. The van der Waals surface area contributed by atoms with Crippen LogP contribution in [0, 0.1) is 0 Å². The molecule has 2 rings (SSSR count). The average molecular weight is 323 g/mol. The minimum atomic E-state index is -2.35. The summed E-state index contributed by atoms with van der Waals surface area (Å²) in [7, 11) is 0. The first-order valence-corrected chi connectivity index (χ1v) is 7.43. The Morgan fingerprint density at radius 3 is 2.55 bits per heavy atom. The predicted molar refractivity (Wildman–Crippen MR) is 82.9 cm³/mol. The van der Waals surface area contributed by atoms with Crippen LogP contribution in [0.25, 0.3) is 0 Å². The van der Waals surface area contributed by atoms with Crippen LogP contribution in [0.5, 0.6) is 0 Å². The standard InChI is InChI=1S/C14H20F2N2S.ClH/c1-10-8-18(11(2)7-17-10)9-12-3-5-13(6-4-12)19-14(15)16;/h3-6,10-11,14,17H,7-9H2,1-2H3;1H. The lowest BCUT2D eigenvalue weighted by molar-refractivity contribution is 0.139. The molecule has 6 heteroatoms. The summed E-state index contributed by atoms with van der Waals surface area (Å²) in [6.07, 6.45) is 0. The van der Waals surface area contributed by atoms with Crippen molar-refractivity contribution in [2.45, 2.75) is 43.1 Å². The van der Waals surface area contributed by atoms with Gasteiger partial charge in [-0.1, -0.05) is 23.9 Å². The van der Waals surface area contributed by atoms with Gasteiger partial charge in [-0.2, -0.15) is 8.78 Å². The van der Waals surface area contributed by atoms with Gasteiger partial charge in [-0.05, 0) is 31.5 Å². The monoisotopic (exact) mass is 322 g/mol. The zero-order chi connectivity index (χ0) is 13.8. The lowest BCUT2D eigenvalue weighted by Gasteiger charge is -2.37. The van der Waals surface area contributed by atoms with Crippen LogP contribution in [-0.2, 0) is 6.54 Å². The fourth-order valence-corrected chi connectivity index (χ4v) is 2.83. The van der Waals surface area contributed by atoms with E-state index in [4.69, 9.17) is 0 Å². The second kappa shape index (κ2) is 8.17. The topological polar surface area (TPSA) is 15.3 Å². The lowest BCUT2D eigenvalue weighted by atomic mass is 10.1. The molecule has 1 aromatic rings. The van der Waals surface area contributed by atoms with Gasteiger partial charge in [-0.25, -0.2) is 0 Å². The van der Waals surface area contributed by atoms with Crippen molar-refractivity contribution in [1.82, 2.24) is 10.2 Å². The number of nitrogens with one attached hydrogen (secondary N) is 1. The van der Waals surface area contributed by atoms with E-state index in [1.54, 1.807) is 12.1 Å². The normalized spacial score (nSPS) is 23.6. The van der Waals surface area contributed by atoms with Crippen LogP contribution < -0.4 is 5.32 Å². The highest BCUT2D eigenvalue weighted by Gasteiger charge is 2.22. The summed E-state index contributed by atoms with van der Waals surface area (Å²) >= 11 is 0.597. The molecule has 0 spiro atoms. The number of hydrogen-bond donors (Lipinski definition) is 1. The molecule has 1 heterocycles. The molecule has 2 atom stereocenters. The first-order chi connectivity index (χ1) is 9.04. The maximum absolute atomic E-state index is 12.2. The van der Waals surface area contributed by atoms with Crippen molar-refractivity contribution >= 4 is 24.2 Å². The Morgan fingerprint density at radius 1 is 1.30 bits per heavy atom. The number of benzene rings is 1. The molecule has 2 nitrogen and oxygen atoms in total. The van der Waals surface area contributed by atoms with Crippen molar-refractivity contribution < 1.29 is 8.78 Å². The van der Waals surface area contributed by atoms with Gasteiger partial charge >= 0.3 is 0 Å². The molecule has 20 heavy (non-hydrogen) atoms. The highest BCUT2D eigenvalue weighted by atomic mass is 35.5. The molecule has 2 unspecified atom stereocenters. The maximum atomic E-state index is 12.2. The first-order valence-electron chi connectivity index (χ1n) is 6.56. The number of alkyl halides is 2. The molecule has 0 saturated carbocycles. The van der Waals surface area contributed by atoms with E-state index in [-0.39, 0.29) is 12.4 Å². The highest BCUT2D eigenvalue weighted by Crippen LogP contribution is 2.25. The van der Waals surface area contributed by atoms with Crippen LogP contribution in [-0.4, -0.2) is 35.8 Å². The molecule has 1 aromatic carbocycles. The molecule has 114 valence electrons. The molecule has 1 aliphatic rings. The van der Waals surface area contributed by atoms with Gasteiger partial charge in [0.05, 0.1) is 0 Å². The Morgan fingerprint density at radius 2 is 1.95 bits per heavy atom. The Labute approximate surface area is 129 Å². The number of thioether (sulfide) groups is 1. The predicted octanol–water partition coefficient (Wildman–Crippen LogP) is 3.61. The van der Waals surface area contributed by atoms with E-state index in [1.165, 1.54) is 5.56 Å². The molecular formula is C14H21ClF2N2S. The summed E-state index contributed by atoms with van der Waals surface area (Å²) in [6, 6.07) is 8.47. The molecule has 0 aromatic heterocycles. The third-order valence-electron chi connectivity index (χ3n) is 3.43. The van der Waals surface area contributed by atoms with Crippen LogP contribution in [0.1, 0.15) is 19.4 Å². The van der Waals surface area contributed by atoms with Crippen molar-refractivity contribution in [1.29, 1.82) is 0 Å². The van der Waals surface area contributed by atoms with Gasteiger partial charge in [-0.15, -0.1) is 12.4 Å². The van der Waals surface area contributed by atoms with Crippen molar-refractivity contribution in [3.63, 3.8) is 0 Å². The quantitative estimate of drug-likeness (QED) is 0.853. The van der Waals surface area contributed by atoms with Gasteiger partial charge in [0.2, 0.25) is 0 Å². The summed E-state index contributed by atoms with van der Waals surface area (Å²) in [5, 5.41) is 3.45. The van der Waals surface area contributed by atoms with Crippen LogP contribution >= 0.6 is 24.2 Å². The third-order valence-corrected chi connectivity index (χ3v) is 4.15. The van der Waals surface area contributed by atoms with E-state index < -0.39 is 5.76 Å². The number of rotatable bonds is 4. The molecule has 1 fully saturated rings. The summed E-state index contributed by atoms with van der Waals surface area (Å²) in [4.78, 5) is 3.05. The summed E-state index contributed by atoms with van der Waals surface area (Å²) in [6.45, 7) is 7.29. The van der Waals surface area contributed by atoms with E-state index in [0.29, 0.717) is 28.7 Å². The van der Waals surface area contributed by atoms with Crippen molar-refractivity contribution in [2.24, 2.45) is 0 Å². The lowest BCUT2D eigenvalue weighted by Crippen LogP contribution is -2.53. The Bertz CT molecular complexity index is 403. The maximum Gasteiger partial charge on any atom is 0.288 e. The van der Waals surface area contributed by atoms with Gasteiger partial charge in [0.1, 0.15) is 0 Å². The third kappa shape index (κ3) is 5.20. The van der Waals surface area contributed by atoms with Crippen LogP contribution in [0.15, 0.2) is 29.2 Å². The second-order valence-corrected chi connectivity index (χ2v) is 6.17. The first kappa shape index (κ1) is 17.7. The Balaban J connectivity index is 0.00000200. The molecule has 1 aliphatic heterocycles. The van der Waals surface area contributed by atoms with Crippen LogP contribution in [0.2, 0.25) is 0 Å². The average Bonchev–Trinajstić information content (AvgIpc) is 2.35. The van der Waals surface area contributed by atoms with E-state index in [2.05, 4.69) is 24.1 Å². The zero-order valence-electron chi connectivity index (χ0n) is 11.7. The molecule has 0 radical (unpaired) electrons. The van der Waals surface area contributed by atoms with Gasteiger partial charge in [0.25, 0.3) is 5.76 Å². The highest BCUT2D eigenvalue weighted by molar-refractivity contribution is 7.99. The Hall–Kier alpha value is -0.360. The molecule has 0 amide bonds. The summed E-state index contributed by atoms with van der Waals surface area (Å²) < 4.78 is 24.5. The molecule has 1 saturated heterocycles. The molecule has 0 aliphatic carbocycles. The van der Waals surface area contributed by atoms with Crippen LogP contribution in [0.4, 0.5) is 8.78 Å². The zero-order valence-corrected chi connectivity index (χ0v) is 13.3. The van der Waals surface area contributed by atoms with Crippen molar-refractivity contribution in [3.8, 4) is 0 Å². The minimum Gasteiger partial charge on any atom is -0.311 e. The van der Waals surface area contributed by atoms with E-state index in [1.807, 2.05) is 12.1 Å².